The molecule has 0 unspecified atom stereocenters. The first kappa shape index (κ1) is 17.1. The van der Waals surface area contributed by atoms with Gasteiger partial charge in [0.15, 0.2) is 0 Å². The van der Waals surface area contributed by atoms with Crippen LogP contribution in [0, 0.1) is 15.5 Å². The highest BCUT2D eigenvalue weighted by molar-refractivity contribution is 5.92. The van der Waals surface area contributed by atoms with E-state index in [4.69, 9.17) is 5.73 Å². The summed E-state index contributed by atoms with van der Waals surface area (Å²) in [4.78, 5) is 23.9. The topological polar surface area (TPSA) is 89.5 Å². The minimum absolute atomic E-state index is 0.00560. The van der Waals surface area contributed by atoms with Crippen LogP contribution in [-0.4, -0.2) is 24.4 Å². The van der Waals surface area contributed by atoms with Gasteiger partial charge < -0.3 is 10.6 Å². The molecular formula is C15H23N3O3. The van der Waals surface area contributed by atoms with Gasteiger partial charge >= 0.3 is 0 Å². The summed E-state index contributed by atoms with van der Waals surface area (Å²) in [5.74, 6) is -0.00560. The fraction of sp³-hybridized carbons (Fsp3) is 0.533. The van der Waals surface area contributed by atoms with Gasteiger partial charge in [-0.3, -0.25) is 14.9 Å². The Morgan fingerprint density at radius 1 is 1.29 bits per heavy atom. The third-order valence-electron chi connectivity index (χ3n) is 3.66. The summed E-state index contributed by atoms with van der Waals surface area (Å²) in [5.41, 5.74) is 6.27. The molecule has 0 aliphatic heterocycles. The largest absolute Gasteiger partial charge is 0.330 e. The monoisotopic (exact) mass is 293 g/mol. The number of nitro groups is 1. The average Bonchev–Trinajstić information content (AvgIpc) is 2.44. The first-order valence-corrected chi connectivity index (χ1v) is 6.98. The number of amides is 1. The highest BCUT2D eigenvalue weighted by Gasteiger charge is 2.20. The van der Waals surface area contributed by atoms with E-state index in [9.17, 15) is 14.9 Å². The fourth-order valence-electron chi connectivity index (χ4n) is 2.07. The van der Waals surface area contributed by atoms with E-state index in [-0.39, 0.29) is 17.0 Å². The van der Waals surface area contributed by atoms with Crippen LogP contribution in [0.15, 0.2) is 24.3 Å². The van der Waals surface area contributed by atoms with E-state index in [1.165, 1.54) is 17.0 Å². The summed E-state index contributed by atoms with van der Waals surface area (Å²) < 4.78 is 0. The van der Waals surface area contributed by atoms with E-state index in [0.717, 1.165) is 12.8 Å². The second-order valence-corrected chi connectivity index (χ2v) is 5.93. The number of non-ortho nitro benzene ring substituents is 1. The van der Waals surface area contributed by atoms with Gasteiger partial charge in [0.2, 0.25) is 5.91 Å². The van der Waals surface area contributed by atoms with E-state index in [0.29, 0.717) is 18.7 Å². The predicted octanol–water partition coefficient (Wildman–Crippen LogP) is 2.71. The minimum Gasteiger partial charge on any atom is -0.330 e. The Bertz CT molecular complexity index is 497. The van der Waals surface area contributed by atoms with Crippen LogP contribution in [0.4, 0.5) is 11.4 Å². The SMILES string of the molecule is CN(C(=O)CCC(C)(C)CCN)c1ccc([N+](=O)[O-])cc1. The third-order valence-corrected chi connectivity index (χ3v) is 3.66. The van der Waals surface area contributed by atoms with Gasteiger partial charge in [-0.05, 0) is 36.9 Å². The number of nitrogens with two attached hydrogens (primary N) is 1. The number of nitro benzene ring substituents is 1. The maximum atomic E-state index is 12.2. The van der Waals surface area contributed by atoms with E-state index in [1.54, 1.807) is 19.2 Å². The van der Waals surface area contributed by atoms with Crippen LogP contribution in [0.5, 0.6) is 0 Å². The Hall–Kier alpha value is -1.95. The summed E-state index contributed by atoms with van der Waals surface area (Å²) in [6, 6.07) is 5.97. The Kier molecular flexibility index (Phi) is 5.84. The summed E-state index contributed by atoms with van der Waals surface area (Å²) in [5, 5.41) is 10.6. The maximum Gasteiger partial charge on any atom is 0.269 e. The molecule has 0 radical (unpaired) electrons. The van der Waals surface area contributed by atoms with Crippen molar-refractivity contribution in [3.05, 3.63) is 34.4 Å². The zero-order valence-electron chi connectivity index (χ0n) is 12.8. The summed E-state index contributed by atoms with van der Waals surface area (Å²) in [6.07, 6.45) is 2.07. The van der Waals surface area contributed by atoms with Gasteiger partial charge in [0.1, 0.15) is 0 Å². The summed E-state index contributed by atoms with van der Waals surface area (Å²) in [7, 11) is 1.68. The fourth-order valence-corrected chi connectivity index (χ4v) is 2.07. The second kappa shape index (κ2) is 7.17. The van der Waals surface area contributed by atoms with Gasteiger partial charge in [0.25, 0.3) is 5.69 Å². The van der Waals surface area contributed by atoms with Crippen LogP contribution in [0.25, 0.3) is 0 Å². The van der Waals surface area contributed by atoms with Crippen LogP contribution in [0.3, 0.4) is 0 Å². The first-order chi connectivity index (χ1) is 9.76. The van der Waals surface area contributed by atoms with E-state index in [2.05, 4.69) is 13.8 Å². The standard InChI is InChI=1S/C15H23N3O3/c1-15(2,10-11-16)9-8-14(19)17(3)12-4-6-13(7-5-12)18(20)21/h4-7H,8-11,16H2,1-3H3. The molecule has 116 valence electrons. The van der Waals surface area contributed by atoms with E-state index < -0.39 is 4.92 Å². The van der Waals surface area contributed by atoms with Gasteiger partial charge in [-0.1, -0.05) is 13.8 Å². The highest BCUT2D eigenvalue weighted by atomic mass is 16.6. The number of carbonyl (C=O) groups excluding carboxylic acids is 1. The first-order valence-electron chi connectivity index (χ1n) is 6.98. The zero-order chi connectivity index (χ0) is 16.0. The quantitative estimate of drug-likeness (QED) is 0.618. The maximum absolute atomic E-state index is 12.2. The van der Waals surface area contributed by atoms with Crippen molar-refractivity contribution in [3.63, 3.8) is 0 Å². The highest BCUT2D eigenvalue weighted by Crippen LogP contribution is 2.27. The van der Waals surface area contributed by atoms with Crippen LogP contribution in [0.1, 0.15) is 33.1 Å². The number of benzene rings is 1. The molecule has 6 heteroatoms. The Balaban J connectivity index is 2.64. The molecule has 1 aromatic rings. The molecule has 1 amide bonds. The van der Waals surface area contributed by atoms with Crippen molar-refractivity contribution in [1.82, 2.24) is 0 Å². The molecule has 0 saturated carbocycles. The van der Waals surface area contributed by atoms with Crippen molar-refractivity contribution >= 4 is 17.3 Å². The Labute approximate surface area is 125 Å². The summed E-state index contributed by atoms with van der Waals surface area (Å²) in [6.45, 7) is 4.80. The molecule has 0 spiro atoms. The molecule has 0 aromatic heterocycles. The van der Waals surface area contributed by atoms with Crippen LogP contribution < -0.4 is 10.6 Å². The molecule has 21 heavy (non-hydrogen) atoms. The Morgan fingerprint density at radius 3 is 2.33 bits per heavy atom. The molecule has 0 heterocycles. The smallest absolute Gasteiger partial charge is 0.269 e. The normalized spacial score (nSPS) is 11.2. The van der Waals surface area contributed by atoms with Gasteiger partial charge in [0.05, 0.1) is 4.92 Å². The van der Waals surface area contributed by atoms with E-state index >= 15 is 0 Å². The number of anilines is 1. The lowest BCUT2D eigenvalue weighted by Crippen LogP contribution is -2.28. The van der Waals surface area contributed by atoms with Gasteiger partial charge in [-0.15, -0.1) is 0 Å². The number of hydrogen-bond donors (Lipinski definition) is 1. The molecule has 0 fully saturated rings. The second-order valence-electron chi connectivity index (χ2n) is 5.93. The van der Waals surface area contributed by atoms with Crippen molar-refractivity contribution in [2.24, 2.45) is 11.1 Å². The molecule has 0 bridgehead atoms. The van der Waals surface area contributed by atoms with Crippen molar-refractivity contribution in [1.29, 1.82) is 0 Å². The molecular weight excluding hydrogens is 270 g/mol. The third kappa shape index (κ3) is 5.15. The van der Waals surface area contributed by atoms with E-state index in [1.807, 2.05) is 0 Å². The zero-order valence-corrected chi connectivity index (χ0v) is 12.8. The molecule has 1 rings (SSSR count). The molecule has 0 saturated heterocycles. The molecule has 6 nitrogen and oxygen atoms in total. The number of carbonyl (C=O) groups is 1. The molecule has 1 aromatic carbocycles. The van der Waals surface area contributed by atoms with Crippen molar-refractivity contribution in [2.75, 3.05) is 18.5 Å². The van der Waals surface area contributed by atoms with Crippen LogP contribution in [-0.2, 0) is 4.79 Å². The number of rotatable bonds is 7. The minimum atomic E-state index is -0.457. The molecule has 0 atom stereocenters. The lowest BCUT2D eigenvalue weighted by Gasteiger charge is -2.25. The van der Waals surface area contributed by atoms with Crippen molar-refractivity contribution in [2.45, 2.75) is 33.1 Å². The average molecular weight is 293 g/mol. The predicted molar refractivity (Wildman–Crippen MR) is 83.2 cm³/mol. The lowest BCUT2D eigenvalue weighted by atomic mass is 9.84. The van der Waals surface area contributed by atoms with Gasteiger partial charge in [-0.25, -0.2) is 0 Å². The molecule has 0 aliphatic carbocycles. The Morgan fingerprint density at radius 2 is 1.86 bits per heavy atom. The lowest BCUT2D eigenvalue weighted by molar-refractivity contribution is -0.384. The molecule has 2 N–H and O–H groups in total. The number of hydrogen-bond acceptors (Lipinski definition) is 4. The van der Waals surface area contributed by atoms with Gasteiger partial charge in [-0.2, -0.15) is 0 Å². The van der Waals surface area contributed by atoms with Crippen LogP contribution in [0.2, 0.25) is 0 Å². The summed E-state index contributed by atoms with van der Waals surface area (Å²) >= 11 is 0. The van der Waals surface area contributed by atoms with Crippen molar-refractivity contribution in [3.8, 4) is 0 Å². The van der Waals surface area contributed by atoms with Crippen molar-refractivity contribution < 1.29 is 9.72 Å². The molecule has 0 aliphatic rings. The number of nitrogens with zero attached hydrogens (tertiary/aromatic N) is 2. The van der Waals surface area contributed by atoms with Gasteiger partial charge in [0, 0.05) is 31.3 Å². The van der Waals surface area contributed by atoms with Crippen LogP contribution >= 0.6 is 0 Å².